The van der Waals surface area contributed by atoms with Gasteiger partial charge in [0.05, 0.1) is 0 Å². The van der Waals surface area contributed by atoms with Gasteiger partial charge in [0.1, 0.15) is 6.10 Å². The zero-order valence-corrected chi connectivity index (χ0v) is 11.0. The van der Waals surface area contributed by atoms with Gasteiger partial charge >= 0.3 is 6.16 Å². The molecule has 0 heterocycles. The number of carbonyl (C=O) groups is 1. The molecule has 1 saturated carbocycles. The van der Waals surface area contributed by atoms with Crippen LogP contribution in [-0.4, -0.2) is 29.1 Å². The Morgan fingerprint density at radius 1 is 1.53 bits per heavy atom. The molecular formula is C13H24O4. The minimum Gasteiger partial charge on any atom is -0.450 e. The first kappa shape index (κ1) is 14.3. The number of ether oxygens (including phenoxy) is 1. The van der Waals surface area contributed by atoms with Crippen LogP contribution in [0.15, 0.2) is 0 Å². The number of aliphatic hydroxyl groups excluding tert-OH is 1. The van der Waals surface area contributed by atoms with Gasteiger partial charge < -0.3 is 14.9 Å². The van der Waals surface area contributed by atoms with Crippen LogP contribution in [0.25, 0.3) is 0 Å². The predicted molar refractivity (Wildman–Crippen MR) is 64.9 cm³/mol. The molecule has 0 saturated heterocycles. The van der Waals surface area contributed by atoms with Crippen LogP contribution in [0.4, 0.5) is 4.79 Å². The van der Waals surface area contributed by atoms with Crippen LogP contribution in [0.2, 0.25) is 0 Å². The number of hydrogen-bond acceptors (Lipinski definition) is 3. The summed E-state index contributed by atoms with van der Waals surface area (Å²) in [6.07, 6.45) is 2.05. The molecule has 0 aliphatic heterocycles. The van der Waals surface area contributed by atoms with E-state index in [1.807, 2.05) is 0 Å². The summed E-state index contributed by atoms with van der Waals surface area (Å²) in [5.74, 6) is 0.732. The molecular weight excluding hydrogens is 220 g/mol. The van der Waals surface area contributed by atoms with Crippen LogP contribution in [0, 0.1) is 17.3 Å². The highest BCUT2D eigenvalue weighted by atomic mass is 16.7. The molecule has 3 unspecified atom stereocenters. The summed E-state index contributed by atoms with van der Waals surface area (Å²) in [6, 6.07) is 0. The molecule has 0 amide bonds. The summed E-state index contributed by atoms with van der Waals surface area (Å²) in [4.78, 5) is 10.7. The largest absolute Gasteiger partial charge is 0.506 e. The Balaban J connectivity index is 2.72. The van der Waals surface area contributed by atoms with Gasteiger partial charge in [-0.25, -0.2) is 4.79 Å². The van der Waals surface area contributed by atoms with Crippen molar-refractivity contribution in [2.45, 2.75) is 52.6 Å². The predicted octanol–water partition coefficient (Wildman–Crippen LogP) is 2.89. The Hall–Kier alpha value is -0.770. The third-order valence-electron chi connectivity index (χ3n) is 4.08. The van der Waals surface area contributed by atoms with Crippen molar-refractivity contribution in [1.82, 2.24) is 0 Å². The first-order chi connectivity index (χ1) is 7.88. The summed E-state index contributed by atoms with van der Waals surface area (Å²) in [5.41, 5.74) is 0.0141. The number of carboxylic acid groups (broad SMARTS) is 1. The maximum Gasteiger partial charge on any atom is 0.506 e. The van der Waals surface area contributed by atoms with Gasteiger partial charge in [0, 0.05) is 6.61 Å². The van der Waals surface area contributed by atoms with Crippen molar-refractivity contribution in [3.8, 4) is 0 Å². The summed E-state index contributed by atoms with van der Waals surface area (Å²) < 4.78 is 5.04. The molecule has 0 aromatic heterocycles. The monoisotopic (exact) mass is 244 g/mol. The lowest BCUT2D eigenvalue weighted by Gasteiger charge is -2.43. The van der Waals surface area contributed by atoms with Crippen LogP contribution in [0.1, 0.15) is 46.5 Å². The van der Waals surface area contributed by atoms with Crippen LogP contribution < -0.4 is 0 Å². The Morgan fingerprint density at radius 2 is 2.18 bits per heavy atom. The zero-order chi connectivity index (χ0) is 13.1. The fraction of sp³-hybridized carbons (Fsp3) is 0.923. The lowest BCUT2D eigenvalue weighted by Crippen LogP contribution is -2.40. The summed E-state index contributed by atoms with van der Waals surface area (Å²) in [5, 5.41) is 17.9. The van der Waals surface area contributed by atoms with Crippen molar-refractivity contribution in [3.05, 3.63) is 0 Å². The number of aliphatic hydroxyl groups is 1. The van der Waals surface area contributed by atoms with Crippen LogP contribution in [0.5, 0.6) is 0 Å². The van der Waals surface area contributed by atoms with E-state index in [-0.39, 0.29) is 18.1 Å². The van der Waals surface area contributed by atoms with E-state index < -0.39 is 6.16 Å². The second kappa shape index (κ2) is 5.71. The van der Waals surface area contributed by atoms with E-state index in [0.717, 1.165) is 25.7 Å². The first-order valence-electron chi connectivity index (χ1n) is 6.38. The molecule has 1 aliphatic rings. The van der Waals surface area contributed by atoms with Gasteiger partial charge in [0.2, 0.25) is 0 Å². The minimum absolute atomic E-state index is 0.0141. The maximum atomic E-state index is 10.7. The van der Waals surface area contributed by atoms with Gasteiger partial charge in [-0.05, 0) is 42.9 Å². The van der Waals surface area contributed by atoms with E-state index in [4.69, 9.17) is 14.9 Å². The van der Waals surface area contributed by atoms with E-state index in [2.05, 4.69) is 20.8 Å². The van der Waals surface area contributed by atoms with Crippen molar-refractivity contribution in [2.75, 3.05) is 6.61 Å². The Kier molecular flexibility index (Phi) is 4.80. The normalized spacial score (nSPS) is 33.7. The molecule has 0 radical (unpaired) electrons. The van der Waals surface area contributed by atoms with Gasteiger partial charge in [0.15, 0.2) is 0 Å². The van der Waals surface area contributed by atoms with E-state index in [0.29, 0.717) is 11.8 Å². The lowest BCUT2D eigenvalue weighted by atomic mass is 9.66. The van der Waals surface area contributed by atoms with Crippen LogP contribution in [0.3, 0.4) is 0 Å². The van der Waals surface area contributed by atoms with E-state index >= 15 is 0 Å². The maximum absolute atomic E-state index is 10.7. The molecule has 1 rings (SSSR count). The molecule has 0 spiro atoms. The van der Waals surface area contributed by atoms with Gasteiger partial charge in [-0.1, -0.05) is 20.8 Å². The third-order valence-corrected chi connectivity index (χ3v) is 4.08. The molecule has 1 fully saturated rings. The topological polar surface area (TPSA) is 66.8 Å². The molecule has 3 atom stereocenters. The Morgan fingerprint density at radius 3 is 2.65 bits per heavy atom. The molecule has 0 aromatic rings. The Bertz CT molecular complexity index is 264. The SMILES string of the molecule is CC(C)C1CCC(C)(CCO)CC1OC(=O)O. The van der Waals surface area contributed by atoms with Gasteiger partial charge in [-0.3, -0.25) is 0 Å². The lowest BCUT2D eigenvalue weighted by molar-refractivity contribution is -0.0455. The number of hydrogen-bond donors (Lipinski definition) is 2. The van der Waals surface area contributed by atoms with Gasteiger partial charge in [0.25, 0.3) is 0 Å². The standard InChI is InChI=1S/C13H24O4/c1-9(2)10-4-5-13(3,6-7-14)8-11(10)17-12(15)16/h9-11,14H,4-8H2,1-3H3,(H,15,16). The first-order valence-corrected chi connectivity index (χ1v) is 6.38. The van der Waals surface area contributed by atoms with Crippen molar-refractivity contribution in [3.63, 3.8) is 0 Å². The fourth-order valence-corrected chi connectivity index (χ4v) is 2.96. The van der Waals surface area contributed by atoms with Crippen LogP contribution in [-0.2, 0) is 4.74 Å². The molecule has 0 aromatic carbocycles. The molecule has 100 valence electrons. The molecule has 0 bridgehead atoms. The van der Waals surface area contributed by atoms with E-state index in [1.54, 1.807) is 0 Å². The molecule has 2 N–H and O–H groups in total. The smallest absolute Gasteiger partial charge is 0.450 e. The van der Waals surface area contributed by atoms with Crippen molar-refractivity contribution in [2.24, 2.45) is 17.3 Å². The zero-order valence-electron chi connectivity index (χ0n) is 11.0. The average Bonchev–Trinajstić information content (AvgIpc) is 2.15. The molecule has 4 heteroatoms. The summed E-state index contributed by atoms with van der Waals surface area (Å²) in [6.45, 7) is 6.48. The van der Waals surface area contributed by atoms with Gasteiger partial charge in [-0.15, -0.1) is 0 Å². The van der Waals surface area contributed by atoms with Crippen molar-refractivity contribution < 1.29 is 19.7 Å². The quantitative estimate of drug-likeness (QED) is 0.746. The van der Waals surface area contributed by atoms with Crippen molar-refractivity contribution in [1.29, 1.82) is 0 Å². The second-order valence-corrected chi connectivity index (χ2v) is 5.86. The Labute approximate surface area is 103 Å². The molecule has 4 nitrogen and oxygen atoms in total. The molecule has 1 aliphatic carbocycles. The number of rotatable bonds is 4. The fourth-order valence-electron chi connectivity index (χ4n) is 2.96. The summed E-state index contributed by atoms with van der Waals surface area (Å²) in [7, 11) is 0. The summed E-state index contributed by atoms with van der Waals surface area (Å²) >= 11 is 0. The second-order valence-electron chi connectivity index (χ2n) is 5.86. The van der Waals surface area contributed by atoms with E-state index in [9.17, 15) is 4.79 Å². The highest BCUT2D eigenvalue weighted by Crippen LogP contribution is 2.44. The van der Waals surface area contributed by atoms with Crippen molar-refractivity contribution >= 4 is 6.16 Å². The van der Waals surface area contributed by atoms with Gasteiger partial charge in [-0.2, -0.15) is 0 Å². The minimum atomic E-state index is -1.19. The highest BCUT2D eigenvalue weighted by Gasteiger charge is 2.40. The van der Waals surface area contributed by atoms with E-state index in [1.165, 1.54) is 0 Å². The molecule has 17 heavy (non-hydrogen) atoms. The van der Waals surface area contributed by atoms with Crippen LogP contribution >= 0.6 is 0 Å². The highest BCUT2D eigenvalue weighted by molar-refractivity contribution is 5.57. The third kappa shape index (κ3) is 3.87. The average molecular weight is 244 g/mol.